The van der Waals surface area contributed by atoms with Crippen molar-refractivity contribution >= 4 is 21.9 Å². The van der Waals surface area contributed by atoms with Crippen LogP contribution in [-0.4, -0.2) is 31.6 Å². The van der Waals surface area contributed by atoms with Gasteiger partial charge in [-0.3, -0.25) is 4.79 Å². The first-order valence-corrected chi connectivity index (χ1v) is 9.46. The zero-order valence-corrected chi connectivity index (χ0v) is 16.8. The van der Waals surface area contributed by atoms with E-state index in [9.17, 15) is 30.3 Å². The minimum absolute atomic E-state index is 0.0723. The van der Waals surface area contributed by atoms with Gasteiger partial charge in [0.2, 0.25) is 5.43 Å². The normalized spacial score (nSPS) is 13.1. The molecule has 0 fully saturated rings. The van der Waals surface area contributed by atoms with Crippen LogP contribution in [0, 0.1) is 0 Å². The zero-order valence-electron chi connectivity index (χ0n) is 16.8. The molecule has 0 aliphatic carbocycles. The van der Waals surface area contributed by atoms with Crippen LogP contribution in [0.3, 0.4) is 0 Å². The summed E-state index contributed by atoms with van der Waals surface area (Å²) in [7, 11) is 0. The fourth-order valence-corrected chi connectivity index (χ4v) is 3.30. The topological polar surface area (TPSA) is 131 Å². The number of phenolic OH excluding ortho intramolecular Hbond substituents is 4. The molecule has 0 saturated heterocycles. The van der Waals surface area contributed by atoms with Crippen LogP contribution >= 0.6 is 0 Å². The zero-order chi connectivity index (χ0) is 22.2. The lowest BCUT2D eigenvalue weighted by atomic mass is 10.00. The van der Waals surface area contributed by atoms with Gasteiger partial charge in [-0.15, -0.1) is 0 Å². The molecule has 3 rings (SSSR count). The third kappa shape index (κ3) is 3.84. The molecular formula is C23H24O7. The van der Waals surface area contributed by atoms with Crippen molar-refractivity contribution in [1.82, 2.24) is 0 Å². The predicted octanol–water partition coefficient (Wildman–Crippen LogP) is 3.97. The summed E-state index contributed by atoms with van der Waals surface area (Å²) in [5.41, 5.74) is 0.857. The van der Waals surface area contributed by atoms with Crippen LogP contribution in [0.2, 0.25) is 0 Å². The first-order chi connectivity index (χ1) is 14.1. The Bertz CT molecular complexity index is 1230. The molecule has 5 N–H and O–H groups in total. The Kier molecular flexibility index (Phi) is 5.75. The first-order valence-electron chi connectivity index (χ1n) is 9.46. The van der Waals surface area contributed by atoms with Crippen LogP contribution in [0.15, 0.2) is 51.2 Å². The summed E-state index contributed by atoms with van der Waals surface area (Å²) >= 11 is 0. The second-order valence-electron chi connectivity index (χ2n) is 7.49. The van der Waals surface area contributed by atoms with Crippen molar-refractivity contribution < 1.29 is 29.9 Å². The maximum absolute atomic E-state index is 12.9. The van der Waals surface area contributed by atoms with Crippen LogP contribution in [0.5, 0.6) is 23.0 Å². The Morgan fingerprint density at radius 2 is 1.67 bits per heavy atom. The number of benzene rings is 2. The third-order valence-electron chi connectivity index (χ3n) is 5.15. The maximum atomic E-state index is 12.9. The highest BCUT2D eigenvalue weighted by molar-refractivity contribution is 5.99. The van der Waals surface area contributed by atoms with Crippen molar-refractivity contribution in [2.75, 3.05) is 0 Å². The van der Waals surface area contributed by atoms with E-state index in [2.05, 4.69) is 6.58 Å². The Morgan fingerprint density at radius 3 is 2.33 bits per heavy atom. The van der Waals surface area contributed by atoms with Crippen LogP contribution in [-0.2, 0) is 6.42 Å². The van der Waals surface area contributed by atoms with E-state index in [1.54, 1.807) is 6.92 Å². The molecule has 7 nitrogen and oxygen atoms in total. The number of rotatable bonds is 6. The number of phenols is 4. The summed E-state index contributed by atoms with van der Waals surface area (Å²) in [6, 6.07) is 3.39. The molecule has 30 heavy (non-hydrogen) atoms. The number of aliphatic hydroxyl groups is 1. The number of hydrogen-bond donors (Lipinski definition) is 5. The van der Waals surface area contributed by atoms with Gasteiger partial charge in [-0.25, -0.2) is 0 Å². The standard InChI is InChI=1S/C23H24O7/c1-11(2)14(24)7-5-12(3)4-6-13-17(27)10-18(28)20-21(29)19-15(25)8-9-16(26)23(19)30-22(13)20/h4,8-10,14,24-28H,1,5-7H2,2-3H3. The van der Waals surface area contributed by atoms with E-state index in [1.165, 1.54) is 6.07 Å². The highest BCUT2D eigenvalue weighted by Crippen LogP contribution is 2.38. The molecule has 0 bridgehead atoms. The molecule has 1 heterocycles. The SMILES string of the molecule is C=C(C)C(O)CCC(C)=CCc1c(O)cc(O)c2c(=O)c3c(O)ccc(O)c3oc12. The summed E-state index contributed by atoms with van der Waals surface area (Å²) in [6.45, 7) is 7.35. The molecule has 1 unspecified atom stereocenters. The van der Waals surface area contributed by atoms with E-state index in [1.807, 2.05) is 13.0 Å². The fraction of sp³-hybridized carbons (Fsp3) is 0.261. The van der Waals surface area contributed by atoms with Crippen molar-refractivity contribution in [2.24, 2.45) is 0 Å². The van der Waals surface area contributed by atoms with Gasteiger partial charge in [-0.05, 0) is 45.2 Å². The number of aromatic hydroxyl groups is 4. The van der Waals surface area contributed by atoms with E-state index < -0.39 is 17.3 Å². The van der Waals surface area contributed by atoms with Crippen LogP contribution in [0.4, 0.5) is 0 Å². The fourth-order valence-electron chi connectivity index (χ4n) is 3.30. The predicted molar refractivity (Wildman–Crippen MR) is 114 cm³/mol. The summed E-state index contributed by atoms with van der Waals surface area (Å²) in [5.74, 6) is -1.50. The van der Waals surface area contributed by atoms with E-state index in [-0.39, 0.29) is 51.2 Å². The van der Waals surface area contributed by atoms with Crippen LogP contribution in [0.1, 0.15) is 32.3 Å². The van der Waals surface area contributed by atoms with Crippen molar-refractivity contribution in [3.63, 3.8) is 0 Å². The molecule has 0 saturated carbocycles. The van der Waals surface area contributed by atoms with Gasteiger partial charge in [0.25, 0.3) is 0 Å². The lowest BCUT2D eigenvalue weighted by Crippen LogP contribution is -2.07. The molecule has 0 radical (unpaired) electrons. The van der Waals surface area contributed by atoms with Gasteiger partial charge < -0.3 is 29.9 Å². The minimum atomic E-state index is -0.719. The van der Waals surface area contributed by atoms with Crippen molar-refractivity contribution in [3.05, 3.63) is 57.8 Å². The average Bonchev–Trinajstić information content (AvgIpc) is 2.68. The number of fused-ring (bicyclic) bond motifs is 2. The summed E-state index contributed by atoms with van der Waals surface area (Å²) in [5, 5.41) is 50.1. The number of allylic oxidation sites excluding steroid dienone is 2. The number of hydrogen-bond acceptors (Lipinski definition) is 7. The Morgan fingerprint density at radius 1 is 1.03 bits per heavy atom. The highest BCUT2D eigenvalue weighted by Gasteiger charge is 2.21. The highest BCUT2D eigenvalue weighted by atomic mass is 16.4. The van der Waals surface area contributed by atoms with Gasteiger partial charge >= 0.3 is 0 Å². The third-order valence-corrected chi connectivity index (χ3v) is 5.15. The van der Waals surface area contributed by atoms with Crippen molar-refractivity contribution in [3.8, 4) is 23.0 Å². The van der Waals surface area contributed by atoms with Gasteiger partial charge in [-0.1, -0.05) is 23.8 Å². The second kappa shape index (κ2) is 8.12. The van der Waals surface area contributed by atoms with Crippen LogP contribution < -0.4 is 5.43 Å². The Balaban J connectivity index is 2.11. The Labute approximate surface area is 172 Å². The Hall–Kier alpha value is -3.45. The quantitative estimate of drug-likeness (QED) is 0.235. The van der Waals surface area contributed by atoms with Crippen LogP contribution in [0.25, 0.3) is 21.9 Å². The van der Waals surface area contributed by atoms with Crippen molar-refractivity contribution in [1.29, 1.82) is 0 Å². The monoisotopic (exact) mass is 412 g/mol. The van der Waals surface area contributed by atoms with Crippen molar-refractivity contribution in [2.45, 2.75) is 39.2 Å². The van der Waals surface area contributed by atoms with E-state index in [0.29, 0.717) is 18.4 Å². The van der Waals surface area contributed by atoms with E-state index in [0.717, 1.165) is 17.7 Å². The molecule has 3 aromatic rings. The molecule has 0 spiro atoms. The minimum Gasteiger partial charge on any atom is -0.507 e. The molecule has 7 heteroatoms. The van der Waals surface area contributed by atoms with E-state index in [4.69, 9.17) is 4.42 Å². The molecule has 1 atom stereocenters. The van der Waals surface area contributed by atoms with Gasteiger partial charge in [-0.2, -0.15) is 0 Å². The molecule has 0 amide bonds. The lowest BCUT2D eigenvalue weighted by Gasteiger charge is -2.12. The van der Waals surface area contributed by atoms with Gasteiger partial charge in [0.1, 0.15) is 33.6 Å². The largest absolute Gasteiger partial charge is 0.507 e. The van der Waals surface area contributed by atoms with E-state index >= 15 is 0 Å². The molecule has 2 aromatic carbocycles. The van der Waals surface area contributed by atoms with Gasteiger partial charge in [0, 0.05) is 11.6 Å². The van der Waals surface area contributed by atoms with Gasteiger partial charge in [0.15, 0.2) is 11.3 Å². The molecule has 0 aliphatic heterocycles. The molecular weight excluding hydrogens is 388 g/mol. The maximum Gasteiger partial charge on any atom is 0.208 e. The molecule has 158 valence electrons. The second-order valence-corrected chi connectivity index (χ2v) is 7.49. The average molecular weight is 412 g/mol. The number of aliphatic hydroxyl groups excluding tert-OH is 1. The molecule has 0 aliphatic rings. The van der Waals surface area contributed by atoms with Gasteiger partial charge in [0.05, 0.1) is 6.10 Å². The smallest absolute Gasteiger partial charge is 0.208 e. The summed E-state index contributed by atoms with van der Waals surface area (Å²) in [6.07, 6.45) is 2.52. The molecule has 1 aromatic heterocycles. The first kappa shape index (κ1) is 21.3. The summed E-state index contributed by atoms with van der Waals surface area (Å²) in [4.78, 5) is 12.9. The lowest BCUT2D eigenvalue weighted by molar-refractivity contribution is 0.201. The summed E-state index contributed by atoms with van der Waals surface area (Å²) < 4.78 is 5.68.